The van der Waals surface area contributed by atoms with Gasteiger partial charge in [-0.05, 0) is 49.8 Å². The van der Waals surface area contributed by atoms with Gasteiger partial charge in [0.2, 0.25) is 0 Å². The van der Waals surface area contributed by atoms with Gasteiger partial charge in [0.15, 0.2) is 0 Å². The highest BCUT2D eigenvalue weighted by atomic mass is 19.4. The average Bonchev–Trinajstić information content (AvgIpc) is 2.61. The molecule has 1 aliphatic heterocycles. The Morgan fingerprint density at radius 3 is 2.25 bits per heavy atom. The molecule has 1 heterocycles. The zero-order valence-corrected chi connectivity index (χ0v) is 16.3. The number of carbonyl (C=O) groups is 1. The van der Waals surface area contributed by atoms with Crippen molar-refractivity contribution in [3.05, 3.63) is 29.6 Å². The summed E-state index contributed by atoms with van der Waals surface area (Å²) in [6.45, 7) is 4.74. The van der Waals surface area contributed by atoms with Crippen molar-refractivity contribution < 1.29 is 27.5 Å². The molecule has 2 amide bonds. The van der Waals surface area contributed by atoms with E-state index in [1.807, 2.05) is 0 Å². The first-order valence-electron chi connectivity index (χ1n) is 9.75. The van der Waals surface area contributed by atoms with Crippen LogP contribution in [0, 0.1) is 11.7 Å². The summed E-state index contributed by atoms with van der Waals surface area (Å²) < 4.78 is 51.9. The van der Waals surface area contributed by atoms with E-state index in [1.165, 1.54) is 4.90 Å². The fraction of sp³-hybridized carbons (Fsp3) is 0.650. The van der Waals surface area contributed by atoms with E-state index in [-0.39, 0.29) is 11.6 Å². The van der Waals surface area contributed by atoms with E-state index >= 15 is 0 Å². The van der Waals surface area contributed by atoms with E-state index < -0.39 is 29.2 Å². The van der Waals surface area contributed by atoms with Gasteiger partial charge in [0, 0.05) is 18.8 Å². The van der Waals surface area contributed by atoms with Crippen LogP contribution >= 0.6 is 0 Å². The number of hydrogen-bond acceptors (Lipinski definition) is 2. The summed E-state index contributed by atoms with van der Waals surface area (Å²) in [5.74, 6) is -0.898. The molecule has 0 unspecified atom stereocenters. The lowest BCUT2D eigenvalue weighted by molar-refractivity contribution is -0.137. The van der Waals surface area contributed by atoms with Gasteiger partial charge in [-0.2, -0.15) is 13.2 Å². The standard InChI is InChI=1S/C20H28F4N2O2/c1-3-5-14(6-4-2)19(28)7-9-26(10-8-19)18(27)25-17-12-15(20(22,23)24)11-16(21)13-17/h11-14,28H,3-10H2,1-2H3,(H,25,27). The number of urea groups is 1. The summed E-state index contributed by atoms with van der Waals surface area (Å²) in [6.07, 6.45) is -0.0858. The van der Waals surface area contributed by atoms with Gasteiger partial charge in [0.25, 0.3) is 0 Å². The molecule has 0 saturated carbocycles. The van der Waals surface area contributed by atoms with Crippen LogP contribution in [0.15, 0.2) is 18.2 Å². The van der Waals surface area contributed by atoms with Gasteiger partial charge in [-0.1, -0.05) is 26.7 Å². The Bertz CT molecular complexity index is 665. The number of anilines is 1. The molecule has 0 radical (unpaired) electrons. The highest BCUT2D eigenvalue weighted by molar-refractivity contribution is 5.89. The lowest BCUT2D eigenvalue weighted by Crippen LogP contribution is -2.51. The molecule has 0 aromatic heterocycles. The van der Waals surface area contributed by atoms with Crippen molar-refractivity contribution in [2.24, 2.45) is 5.92 Å². The number of nitrogens with one attached hydrogen (secondary N) is 1. The molecular weight excluding hydrogens is 376 g/mol. The van der Waals surface area contributed by atoms with Gasteiger partial charge in [0.1, 0.15) is 5.82 Å². The highest BCUT2D eigenvalue weighted by Gasteiger charge is 2.39. The van der Waals surface area contributed by atoms with Crippen LogP contribution < -0.4 is 5.32 Å². The topological polar surface area (TPSA) is 52.6 Å². The van der Waals surface area contributed by atoms with Crippen molar-refractivity contribution >= 4 is 11.7 Å². The Kier molecular flexibility index (Phi) is 7.31. The van der Waals surface area contributed by atoms with Gasteiger partial charge in [-0.15, -0.1) is 0 Å². The Balaban J connectivity index is 2.01. The van der Waals surface area contributed by atoms with Crippen LogP contribution in [-0.2, 0) is 6.18 Å². The smallest absolute Gasteiger partial charge is 0.389 e. The van der Waals surface area contributed by atoms with Crippen LogP contribution in [0.5, 0.6) is 0 Å². The van der Waals surface area contributed by atoms with Gasteiger partial charge in [0.05, 0.1) is 11.2 Å². The molecule has 0 bridgehead atoms. The quantitative estimate of drug-likeness (QED) is 0.622. The SMILES string of the molecule is CCCC(CCC)C1(O)CCN(C(=O)Nc2cc(F)cc(C(F)(F)F)c2)CC1. The number of hydrogen-bond donors (Lipinski definition) is 2. The molecule has 2 rings (SSSR count). The van der Waals surface area contributed by atoms with E-state index in [2.05, 4.69) is 19.2 Å². The van der Waals surface area contributed by atoms with Gasteiger partial charge >= 0.3 is 12.2 Å². The van der Waals surface area contributed by atoms with Gasteiger partial charge in [-0.25, -0.2) is 9.18 Å². The zero-order chi connectivity index (χ0) is 20.9. The van der Waals surface area contributed by atoms with Crippen molar-refractivity contribution in [1.82, 2.24) is 4.90 Å². The molecule has 1 aliphatic rings. The lowest BCUT2D eigenvalue weighted by Gasteiger charge is -2.43. The summed E-state index contributed by atoms with van der Waals surface area (Å²) in [7, 11) is 0. The second-order valence-corrected chi connectivity index (χ2v) is 7.52. The Labute approximate surface area is 162 Å². The average molecular weight is 404 g/mol. The third-order valence-corrected chi connectivity index (χ3v) is 5.43. The maximum absolute atomic E-state index is 13.5. The molecule has 1 fully saturated rings. The number of aliphatic hydroxyl groups is 1. The molecule has 1 aromatic carbocycles. The number of alkyl halides is 3. The molecule has 158 valence electrons. The second-order valence-electron chi connectivity index (χ2n) is 7.52. The predicted molar refractivity (Wildman–Crippen MR) is 99.5 cm³/mol. The maximum Gasteiger partial charge on any atom is 0.416 e. The Morgan fingerprint density at radius 2 is 1.75 bits per heavy atom. The van der Waals surface area contributed by atoms with Crippen molar-refractivity contribution in [1.29, 1.82) is 0 Å². The number of benzene rings is 1. The van der Waals surface area contributed by atoms with Crippen LogP contribution in [0.1, 0.15) is 57.9 Å². The van der Waals surface area contributed by atoms with Gasteiger partial charge in [-0.3, -0.25) is 0 Å². The molecular formula is C20H28F4N2O2. The minimum Gasteiger partial charge on any atom is -0.389 e. The van der Waals surface area contributed by atoms with Crippen molar-refractivity contribution in [3.63, 3.8) is 0 Å². The summed E-state index contributed by atoms with van der Waals surface area (Å²) in [5.41, 5.74) is -2.23. The largest absolute Gasteiger partial charge is 0.416 e. The molecule has 1 aromatic rings. The van der Waals surface area contributed by atoms with Gasteiger partial charge < -0.3 is 15.3 Å². The third-order valence-electron chi connectivity index (χ3n) is 5.43. The molecule has 28 heavy (non-hydrogen) atoms. The number of piperidine rings is 1. The highest BCUT2D eigenvalue weighted by Crippen LogP contribution is 2.36. The fourth-order valence-corrected chi connectivity index (χ4v) is 3.91. The zero-order valence-electron chi connectivity index (χ0n) is 16.3. The number of halogens is 4. The van der Waals surface area contributed by atoms with E-state index in [0.29, 0.717) is 38.1 Å². The van der Waals surface area contributed by atoms with Crippen molar-refractivity contribution in [2.45, 2.75) is 64.1 Å². The van der Waals surface area contributed by atoms with Crippen LogP contribution in [-0.4, -0.2) is 34.7 Å². The maximum atomic E-state index is 13.5. The molecule has 0 aliphatic carbocycles. The lowest BCUT2D eigenvalue weighted by atomic mass is 9.75. The molecule has 2 N–H and O–H groups in total. The third kappa shape index (κ3) is 5.59. The van der Waals surface area contributed by atoms with Crippen LogP contribution in [0.4, 0.5) is 28.0 Å². The monoisotopic (exact) mass is 404 g/mol. The molecule has 0 atom stereocenters. The summed E-state index contributed by atoms with van der Waals surface area (Å²) in [6, 6.07) is 1.35. The van der Waals surface area contributed by atoms with Crippen LogP contribution in [0.3, 0.4) is 0 Å². The molecule has 1 saturated heterocycles. The Hall–Kier alpha value is -1.83. The molecule has 0 spiro atoms. The van der Waals surface area contributed by atoms with Crippen LogP contribution in [0.25, 0.3) is 0 Å². The molecule has 8 heteroatoms. The number of likely N-dealkylation sites (tertiary alicyclic amines) is 1. The number of amides is 2. The Morgan fingerprint density at radius 1 is 1.18 bits per heavy atom. The minimum absolute atomic E-state index is 0.172. The first kappa shape index (κ1) is 22.5. The number of rotatable bonds is 6. The normalized spacial score (nSPS) is 17.1. The number of nitrogens with zero attached hydrogens (tertiary/aromatic N) is 1. The second kappa shape index (κ2) is 9.11. The first-order chi connectivity index (χ1) is 13.1. The van der Waals surface area contributed by atoms with E-state index in [0.717, 1.165) is 31.7 Å². The van der Waals surface area contributed by atoms with E-state index in [1.54, 1.807) is 0 Å². The molecule has 4 nitrogen and oxygen atoms in total. The van der Waals surface area contributed by atoms with Crippen molar-refractivity contribution in [3.8, 4) is 0 Å². The number of carbonyl (C=O) groups excluding carboxylic acids is 1. The first-order valence-corrected chi connectivity index (χ1v) is 9.75. The van der Waals surface area contributed by atoms with Crippen LogP contribution in [0.2, 0.25) is 0 Å². The van der Waals surface area contributed by atoms with E-state index in [9.17, 15) is 27.5 Å². The minimum atomic E-state index is -4.70. The summed E-state index contributed by atoms with van der Waals surface area (Å²) in [5, 5.41) is 13.3. The van der Waals surface area contributed by atoms with E-state index in [4.69, 9.17) is 0 Å². The fourth-order valence-electron chi connectivity index (χ4n) is 3.91. The van der Waals surface area contributed by atoms with Crippen molar-refractivity contribution in [2.75, 3.05) is 18.4 Å². The summed E-state index contributed by atoms with van der Waals surface area (Å²) >= 11 is 0. The summed E-state index contributed by atoms with van der Waals surface area (Å²) in [4.78, 5) is 13.8. The predicted octanol–water partition coefficient (Wildman–Crippen LogP) is 5.42.